The van der Waals surface area contributed by atoms with E-state index in [-0.39, 0.29) is 0 Å². The summed E-state index contributed by atoms with van der Waals surface area (Å²) < 4.78 is 5.21. The fourth-order valence-corrected chi connectivity index (χ4v) is 2.05. The summed E-state index contributed by atoms with van der Waals surface area (Å²) in [4.78, 5) is 24.2. The van der Waals surface area contributed by atoms with E-state index >= 15 is 0 Å². The number of benzene rings is 2. The second kappa shape index (κ2) is 7.29. The molecule has 1 atom stereocenters. The second-order valence-electron chi connectivity index (χ2n) is 5.34. The molecule has 0 saturated heterocycles. The van der Waals surface area contributed by atoms with Gasteiger partial charge in [-0.1, -0.05) is 17.7 Å². The van der Waals surface area contributed by atoms with E-state index in [1.54, 1.807) is 36.4 Å². The number of rotatable bonds is 4. The Kier molecular flexibility index (Phi) is 5.40. The van der Waals surface area contributed by atoms with Crippen LogP contribution < -0.4 is 5.32 Å². The monoisotopic (exact) mass is 331 g/mol. The second-order valence-corrected chi connectivity index (χ2v) is 5.78. The van der Waals surface area contributed by atoms with Crippen molar-refractivity contribution in [2.75, 3.05) is 5.32 Å². The molecule has 4 nitrogen and oxygen atoms in total. The van der Waals surface area contributed by atoms with Crippen LogP contribution in [0.5, 0.6) is 0 Å². The van der Waals surface area contributed by atoms with Crippen molar-refractivity contribution >= 4 is 29.2 Å². The summed E-state index contributed by atoms with van der Waals surface area (Å²) in [6.45, 7) is 5.42. The number of carbonyl (C=O) groups is 2. The summed E-state index contributed by atoms with van der Waals surface area (Å²) in [5, 5.41) is 3.25. The highest BCUT2D eigenvalue weighted by Crippen LogP contribution is 2.15. The van der Waals surface area contributed by atoms with Gasteiger partial charge in [-0.15, -0.1) is 0 Å². The molecule has 0 aromatic heterocycles. The summed E-state index contributed by atoms with van der Waals surface area (Å²) in [6.07, 6.45) is -0.903. The van der Waals surface area contributed by atoms with E-state index < -0.39 is 18.0 Å². The van der Waals surface area contributed by atoms with E-state index in [0.29, 0.717) is 16.3 Å². The highest BCUT2D eigenvalue weighted by molar-refractivity contribution is 6.30. The van der Waals surface area contributed by atoms with Crippen molar-refractivity contribution in [3.8, 4) is 0 Å². The first-order valence-electron chi connectivity index (χ1n) is 7.21. The fraction of sp³-hybridized carbons (Fsp3) is 0.222. The minimum Gasteiger partial charge on any atom is -0.449 e. The third-order valence-electron chi connectivity index (χ3n) is 3.51. The zero-order chi connectivity index (χ0) is 17.0. The van der Waals surface area contributed by atoms with Gasteiger partial charge in [-0.2, -0.15) is 0 Å². The van der Waals surface area contributed by atoms with E-state index in [0.717, 1.165) is 11.1 Å². The molecule has 0 spiro atoms. The molecule has 0 heterocycles. The van der Waals surface area contributed by atoms with Crippen LogP contribution in [0.4, 0.5) is 5.69 Å². The van der Waals surface area contributed by atoms with E-state index in [1.807, 2.05) is 19.9 Å². The van der Waals surface area contributed by atoms with Gasteiger partial charge in [0.25, 0.3) is 5.91 Å². The Labute approximate surface area is 140 Å². The van der Waals surface area contributed by atoms with Crippen LogP contribution in [0.25, 0.3) is 0 Å². The van der Waals surface area contributed by atoms with Crippen molar-refractivity contribution in [3.63, 3.8) is 0 Å². The molecular weight excluding hydrogens is 314 g/mol. The summed E-state index contributed by atoms with van der Waals surface area (Å²) in [5.74, 6) is -0.920. The van der Waals surface area contributed by atoms with Gasteiger partial charge in [-0.3, -0.25) is 4.79 Å². The number of aryl methyl sites for hydroxylation is 2. The normalized spacial score (nSPS) is 11.7. The van der Waals surface area contributed by atoms with Gasteiger partial charge in [0.05, 0.1) is 5.56 Å². The van der Waals surface area contributed by atoms with Crippen LogP contribution in [0.3, 0.4) is 0 Å². The van der Waals surface area contributed by atoms with E-state index in [4.69, 9.17) is 16.3 Å². The molecule has 0 saturated carbocycles. The van der Waals surface area contributed by atoms with Crippen molar-refractivity contribution in [1.82, 2.24) is 0 Å². The molecule has 0 unspecified atom stereocenters. The van der Waals surface area contributed by atoms with Crippen molar-refractivity contribution in [1.29, 1.82) is 0 Å². The number of hydrogen-bond donors (Lipinski definition) is 1. The molecule has 1 amide bonds. The lowest BCUT2D eigenvalue weighted by atomic mass is 10.1. The first-order valence-corrected chi connectivity index (χ1v) is 7.59. The number of nitrogens with one attached hydrogen (secondary N) is 1. The van der Waals surface area contributed by atoms with E-state index in [2.05, 4.69) is 5.32 Å². The number of ether oxygens (including phenoxy) is 1. The van der Waals surface area contributed by atoms with Gasteiger partial charge in [0, 0.05) is 10.7 Å². The topological polar surface area (TPSA) is 55.4 Å². The number of esters is 1. The van der Waals surface area contributed by atoms with Gasteiger partial charge in [0.15, 0.2) is 6.10 Å². The lowest BCUT2D eigenvalue weighted by molar-refractivity contribution is -0.123. The average molecular weight is 332 g/mol. The smallest absolute Gasteiger partial charge is 0.338 e. The largest absolute Gasteiger partial charge is 0.449 e. The number of anilines is 1. The maximum absolute atomic E-state index is 12.1. The Hall–Kier alpha value is -2.33. The maximum atomic E-state index is 12.1. The van der Waals surface area contributed by atoms with Crippen LogP contribution in [-0.2, 0) is 9.53 Å². The fourth-order valence-electron chi connectivity index (χ4n) is 1.93. The molecule has 5 heteroatoms. The number of amides is 1. The summed E-state index contributed by atoms with van der Waals surface area (Å²) in [5.41, 5.74) is 3.11. The molecule has 2 aromatic carbocycles. The standard InChI is InChI=1S/C18H18ClNO3/c1-11-4-5-14(10-12(11)2)18(22)23-13(3)17(21)20-16-8-6-15(19)7-9-16/h4-10,13H,1-3H3,(H,20,21)/t13-/m1/s1. The van der Waals surface area contributed by atoms with Crippen molar-refractivity contribution in [2.24, 2.45) is 0 Å². The Morgan fingerprint density at radius 1 is 1.04 bits per heavy atom. The molecule has 1 N–H and O–H groups in total. The maximum Gasteiger partial charge on any atom is 0.338 e. The van der Waals surface area contributed by atoms with E-state index in [1.165, 1.54) is 6.92 Å². The minimum absolute atomic E-state index is 0.399. The molecule has 0 aliphatic rings. The summed E-state index contributed by atoms with van der Waals surface area (Å²) >= 11 is 5.79. The van der Waals surface area contributed by atoms with Crippen LogP contribution in [0.1, 0.15) is 28.4 Å². The Morgan fingerprint density at radius 2 is 1.70 bits per heavy atom. The Balaban J connectivity index is 1.98. The zero-order valence-electron chi connectivity index (χ0n) is 13.2. The Morgan fingerprint density at radius 3 is 2.30 bits per heavy atom. The van der Waals surface area contributed by atoms with Crippen LogP contribution in [0.2, 0.25) is 5.02 Å². The van der Waals surface area contributed by atoms with Crippen LogP contribution >= 0.6 is 11.6 Å². The molecule has 120 valence electrons. The molecule has 23 heavy (non-hydrogen) atoms. The van der Waals surface area contributed by atoms with Crippen LogP contribution in [-0.4, -0.2) is 18.0 Å². The van der Waals surface area contributed by atoms with Crippen molar-refractivity contribution < 1.29 is 14.3 Å². The Bertz CT molecular complexity index is 726. The zero-order valence-corrected chi connectivity index (χ0v) is 14.0. The predicted molar refractivity (Wildman–Crippen MR) is 90.9 cm³/mol. The first-order chi connectivity index (χ1) is 10.9. The third kappa shape index (κ3) is 4.57. The number of halogens is 1. The number of carbonyl (C=O) groups excluding carboxylic acids is 2. The van der Waals surface area contributed by atoms with E-state index in [9.17, 15) is 9.59 Å². The van der Waals surface area contributed by atoms with Crippen molar-refractivity contribution in [3.05, 3.63) is 64.2 Å². The molecule has 0 radical (unpaired) electrons. The molecule has 0 aliphatic carbocycles. The molecular formula is C18H18ClNO3. The van der Waals surface area contributed by atoms with Crippen molar-refractivity contribution in [2.45, 2.75) is 26.9 Å². The van der Waals surface area contributed by atoms with Gasteiger partial charge in [-0.25, -0.2) is 4.79 Å². The van der Waals surface area contributed by atoms with Gasteiger partial charge in [0.1, 0.15) is 0 Å². The summed E-state index contributed by atoms with van der Waals surface area (Å²) in [6, 6.07) is 12.0. The van der Waals surface area contributed by atoms with Crippen LogP contribution in [0.15, 0.2) is 42.5 Å². The molecule has 0 aliphatic heterocycles. The molecule has 0 fully saturated rings. The predicted octanol–water partition coefficient (Wildman–Crippen LogP) is 4.14. The third-order valence-corrected chi connectivity index (χ3v) is 3.76. The van der Waals surface area contributed by atoms with Crippen LogP contribution in [0, 0.1) is 13.8 Å². The van der Waals surface area contributed by atoms with Gasteiger partial charge in [-0.05, 0) is 68.3 Å². The molecule has 2 aromatic rings. The first kappa shape index (κ1) is 17.0. The average Bonchev–Trinajstić information content (AvgIpc) is 2.52. The number of hydrogen-bond acceptors (Lipinski definition) is 3. The molecule has 2 rings (SSSR count). The lowest BCUT2D eigenvalue weighted by Gasteiger charge is -2.14. The SMILES string of the molecule is Cc1ccc(C(=O)O[C@H](C)C(=O)Nc2ccc(Cl)cc2)cc1C. The highest BCUT2D eigenvalue weighted by atomic mass is 35.5. The van der Waals surface area contributed by atoms with Gasteiger partial charge < -0.3 is 10.1 Å². The summed E-state index contributed by atoms with van der Waals surface area (Å²) in [7, 11) is 0. The quantitative estimate of drug-likeness (QED) is 0.857. The lowest BCUT2D eigenvalue weighted by Crippen LogP contribution is -2.30. The minimum atomic E-state index is -0.903. The van der Waals surface area contributed by atoms with Gasteiger partial charge >= 0.3 is 5.97 Å². The molecule has 0 bridgehead atoms. The highest BCUT2D eigenvalue weighted by Gasteiger charge is 2.19. The van der Waals surface area contributed by atoms with Gasteiger partial charge in [0.2, 0.25) is 0 Å².